The first-order valence-electron chi connectivity index (χ1n) is 6.80. The summed E-state index contributed by atoms with van der Waals surface area (Å²) in [4.78, 5) is 3.61. The second-order valence-corrected chi connectivity index (χ2v) is 7.60. The van der Waals surface area contributed by atoms with Gasteiger partial charge in [0.05, 0.1) is 14.9 Å². The van der Waals surface area contributed by atoms with E-state index in [1.807, 2.05) is 18.2 Å². The van der Waals surface area contributed by atoms with E-state index in [0.29, 0.717) is 4.47 Å². The summed E-state index contributed by atoms with van der Waals surface area (Å²) in [7, 11) is 0. The minimum atomic E-state index is -0.234. The number of hydrogen-bond acceptors (Lipinski definition) is 3. The number of nitrogens with zero attached hydrogens (tertiary/aromatic N) is 1. The minimum Gasteiger partial charge on any atom is -0.314 e. The molecule has 1 aromatic heterocycles. The molecule has 22 heavy (non-hydrogen) atoms. The minimum absolute atomic E-state index is 0. The molecule has 3 rings (SSSR count). The lowest BCUT2D eigenvalue weighted by atomic mass is 10.0. The third-order valence-electron chi connectivity index (χ3n) is 3.64. The van der Waals surface area contributed by atoms with Crippen molar-refractivity contribution in [1.82, 2.24) is 10.2 Å². The number of benzene rings is 1. The molecule has 1 fully saturated rings. The lowest BCUT2D eigenvalue weighted by Gasteiger charge is -2.34. The van der Waals surface area contributed by atoms with Crippen molar-refractivity contribution in [2.75, 3.05) is 26.2 Å². The third-order valence-corrected chi connectivity index (χ3v) is 5.53. The summed E-state index contributed by atoms with van der Waals surface area (Å²) in [5, 5.41) is 3.36. The molecule has 1 aliphatic heterocycles. The van der Waals surface area contributed by atoms with Crippen LogP contribution in [0.5, 0.6) is 0 Å². The van der Waals surface area contributed by atoms with Crippen LogP contribution in [0.15, 0.2) is 34.8 Å². The number of halogens is 4. The van der Waals surface area contributed by atoms with Crippen LogP contribution in [0.4, 0.5) is 4.39 Å². The highest BCUT2D eigenvalue weighted by molar-refractivity contribution is 9.10. The highest BCUT2D eigenvalue weighted by atomic mass is 79.9. The van der Waals surface area contributed by atoms with E-state index in [9.17, 15) is 4.39 Å². The van der Waals surface area contributed by atoms with E-state index in [0.717, 1.165) is 36.1 Å². The molecule has 2 nitrogen and oxygen atoms in total. The first-order chi connectivity index (χ1) is 10.1. The average molecular weight is 426 g/mol. The Balaban J connectivity index is 0.00000176. The molecule has 0 aliphatic carbocycles. The highest BCUT2D eigenvalue weighted by Crippen LogP contribution is 2.36. The van der Waals surface area contributed by atoms with Crippen LogP contribution in [0.2, 0.25) is 4.34 Å². The van der Waals surface area contributed by atoms with Gasteiger partial charge < -0.3 is 5.32 Å². The lowest BCUT2D eigenvalue weighted by molar-refractivity contribution is 0.200. The van der Waals surface area contributed by atoms with Crippen molar-refractivity contribution >= 4 is 51.3 Å². The van der Waals surface area contributed by atoms with Gasteiger partial charge in [0, 0.05) is 31.1 Å². The molecule has 1 saturated heterocycles. The Kier molecular flexibility index (Phi) is 6.68. The fourth-order valence-corrected chi connectivity index (χ4v) is 4.27. The zero-order valence-corrected chi connectivity index (χ0v) is 15.7. The first kappa shape index (κ1) is 18.2. The van der Waals surface area contributed by atoms with Crippen LogP contribution in [0.1, 0.15) is 16.5 Å². The fourth-order valence-electron chi connectivity index (χ4n) is 2.65. The van der Waals surface area contributed by atoms with Gasteiger partial charge >= 0.3 is 0 Å². The highest BCUT2D eigenvalue weighted by Gasteiger charge is 2.25. The number of thiophene rings is 1. The van der Waals surface area contributed by atoms with Crippen LogP contribution in [0.3, 0.4) is 0 Å². The molecule has 0 unspecified atom stereocenters. The molecule has 7 heteroatoms. The average Bonchev–Trinajstić information content (AvgIpc) is 2.90. The lowest BCUT2D eigenvalue weighted by Crippen LogP contribution is -2.45. The summed E-state index contributed by atoms with van der Waals surface area (Å²) in [5.41, 5.74) is 1.09. The Morgan fingerprint density at radius 2 is 1.95 bits per heavy atom. The quantitative estimate of drug-likeness (QED) is 0.765. The van der Waals surface area contributed by atoms with Crippen molar-refractivity contribution in [3.05, 3.63) is 55.4 Å². The van der Waals surface area contributed by atoms with Crippen molar-refractivity contribution in [3.63, 3.8) is 0 Å². The third kappa shape index (κ3) is 4.02. The topological polar surface area (TPSA) is 15.3 Å². The molecular weight excluding hydrogens is 410 g/mol. The molecule has 120 valence electrons. The number of hydrogen-bond donors (Lipinski definition) is 1. The smallest absolute Gasteiger partial charge is 0.137 e. The van der Waals surface area contributed by atoms with Crippen LogP contribution >= 0.6 is 51.3 Å². The standard InChI is InChI=1S/C15H15BrClFN2S.ClH/c16-11-9-10(1-2-12(11)18)15(13-3-4-14(17)21-13)20-7-5-19-6-8-20;/h1-4,9,15,19H,5-8H2;1H/t15-;/m0./s1. The Hall–Kier alpha value is -0.170. The summed E-state index contributed by atoms with van der Waals surface area (Å²) >= 11 is 11.0. The molecule has 0 spiro atoms. The molecule has 1 N–H and O–H groups in total. The summed E-state index contributed by atoms with van der Waals surface area (Å²) in [6.45, 7) is 3.88. The SMILES string of the molecule is Cl.Fc1ccc([C@@H](c2ccc(Cl)s2)N2CCNCC2)cc1Br. The maximum absolute atomic E-state index is 13.5. The van der Waals surface area contributed by atoms with E-state index in [1.165, 1.54) is 10.9 Å². The molecule has 1 aromatic carbocycles. The number of rotatable bonds is 3. The predicted molar refractivity (Wildman–Crippen MR) is 97.0 cm³/mol. The largest absolute Gasteiger partial charge is 0.314 e. The molecular formula is C15H16BrCl2FN2S. The number of piperazine rings is 1. The van der Waals surface area contributed by atoms with Gasteiger partial charge in [0.2, 0.25) is 0 Å². The van der Waals surface area contributed by atoms with Gasteiger partial charge in [-0.25, -0.2) is 4.39 Å². The van der Waals surface area contributed by atoms with Crippen LogP contribution in [0, 0.1) is 5.82 Å². The Morgan fingerprint density at radius 1 is 1.23 bits per heavy atom. The summed E-state index contributed by atoms with van der Waals surface area (Å²) < 4.78 is 14.8. The molecule has 0 bridgehead atoms. The second-order valence-electron chi connectivity index (χ2n) is 5.00. The predicted octanol–water partition coefficient (Wildman–Crippen LogP) is 4.72. The van der Waals surface area contributed by atoms with Gasteiger partial charge in [0.25, 0.3) is 0 Å². The summed E-state index contributed by atoms with van der Waals surface area (Å²) in [5.74, 6) is -0.234. The molecule has 1 atom stereocenters. The molecule has 0 amide bonds. The van der Waals surface area contributed by atoms with E-state index >= 15 is 0 Å². The normalized spacial score (nSPS) is 17.0. The van der Waals surface area contributed by atoms with Gasteiger partial charge in [-0.3, -0.25) is 4.90 Å². The van der Waals surface area contributed by atoms with E-state index in [4.69, 9.17) is 11.6 Å². The van der Waals surface area contributed by atoms with E-state index in [-0.39, 0.29) is 24.3 Å². The van der Waals surface area contributed by atoms with Crippen molar-refractivity contribution in [3.8, 4) is 0 Å². The van der Waals surface area contributed by atoms with E-state index < -0.39 is 0 Å². The van der Waals surface area contributed by atoms with Gasteiger partial charge in [0.1, 0.15) is 5.82 Å². The van der Waals surface area contributed by atoms with Crippen LogP contribution < -0.4 is 5.32 Å². The zero-order chi connectivity index (χ0) is 14.8. The van der Waals surface area contributed by atoms with Gasteiger partial charge in [-0.1, -0.05) is 17.7 Å². The zero-order valence-electron chi connectivity index (χ0n) is 11.7. The maximum atomic E-state index is 13.5. The van der Waals surface area contributed by atoms with Crippen LogP contribution in [-0.2, 0) is 0 Å². The van der Waals surface area contributed by atoms with Crippen LogP contribution in [-0.4, -0.2) is 31.1 Å². The maximum Gasteiger partial charge on any atom is 0.137 e. The van der Waals surface area contributed by atoms with Crippen molar-refractivity contribution in [2.24, 2.45) is 0 Å². The van der Waals surface area contributed by atoms with Gasteiger partial charge in [-0.15, -0.1) is 23.7 Å². The molecule has 1 aliphatic rings. The molecule has 2 aromatic rings. The Labute approximate surface area is 153 Å². The van der Waals surface area contributed by atoms with Crippen LogP contribution in [0.25, 0.3) is 0 Å². The van der Waals surface area contributed by atoms with E-state index in [1.54, 1.807) is 11.3 Å². The molecule has 2 heterocycles. The molecule has 0 saturated carbocycles. The summed E-state index contributed by atoms with van der Waals surface area (Å²) in [6, 6.07) is 9.37. The molecule has 0 radical (unpaired) electrons. The van der Waals surface area contributed by atoms with Crippen molar-refractivity contribution in [2.45, 2.75) is 6.04 Å². The van der Waals surface area contributed by atoms with Gasteiger partial charge in [-0.05, 0) is 45.8 Å². The van der Waals surface area contributed by atoms with E-state index in [2.05, 4.69) is 32.2 Å². The Morgan fingerprint density at radius 3 is 2.55 bits per heavy atom. The van der Waals surface area contributed by atoms with Gasteiger partial charge in [-0.2, -0.15) is 0 Å². The second kappa shape index (κ2) is 8.08. The van der Waals surface area contributed by atoms with Gasteiger partial charge in [0.15, 0.2) is 0 Å². The first-order valence-corrected chi connectivity index (χ1v) is 8.79. The van der Waals surface area contributed by atoms with Crippen molar-refractivity contribution in [1.29, 1.82) is 0 Å². The number of nitrogens with one attached hydrogen (secondary N) is 1. The monoisotopic (exact) mass is 424 g/mol. The fraction of sp³-hybridized carbons (Fsp3) is 0.333. The summed E-state index contributed by atoms with van der Waals surface area (Å²) in [6.07, 6.45) is 0. The Bertz CT molecular complexity index is 632. The van der Waals surface area contributed by atoms with Crippen molar-refractivity contribution < 1.29 is 4.39 Å².